The van der Waals surface area contributed by atoms with Crippen LogP contribution in [0.3, 0.4) is 0 Å². The van der Waals surface area contributed by atoms with Gasteiger partial charge in [0.25, 0.3) is 11.5 Å². The van der Waals surface area contributed by atoms with Crippen molar-refractivity contribution in [3.05, 3.63) is 88.8 Å². The van der Waals surface area contributed by atoms with Crippen LogP contribution in [-0.2, 0) is 11.8 Å². The summed E-state index contributed by atoms with van der Waals surface area (Å²) in [6.45, 7) is 0. The molecular formula is C25H17F2N3O2. The van der Waals surface area contributed by atoms with Crippen LogP contribution in [0.5, 0.6) is 0 Å². The number of aromatic nitrogens is 1. The number of nitrogens with one attached hydrogen (secondary N) is 2. The first-order valence-corrected chi connectivity index (χ1v) is 9.60. The zero-order valence-electron chi connectivity index (χ0n) is 16.9. The summed E-state index contributed by atoms with van der Waals surface area (Å²) in [5.74, 6) is -0.0775. The van der Waals surface area contributed by atoms with Gasteiger partial charge in [0.2, 0.25) is 0 Å². The van der Waals surface area contributed by atoms with Gasteiger partial charge < -0.3 is 15.2 Å². The number of carbonyl (C=O) groups excluding carboxylic acids is 1. The Morgan fingerprint density at radius 1 is 0.969 bits per heavy atom. The third-order valence-corrected chi connectivity index (χ3v) is 4.99. The summed E-state index contributed by atoms with van der Waals surface area (Å²) < 4.78 is 29.1. The summed E-state index contributed by atoms with van der Waals surface area (Å²) in [4.78, 5) is 24.3. The van der Waals surface area contributed by atoms with E-state index in [9.17, 15) is 18.4 Å². The van der Waals surface area contributed by atoms with Gasteiger partial charge in [0, 0.05) is 47.2 Å². The number of nitrogens with zero attached hydrogens (tertiary/aromatic N) is 1. The smallest absolute Gasteiger partial charge is 0.300 e. The molecule has 4 aromatic rings. The van der Waals surface area contributed by atoms with Crippen molar-refractivity contribution in [2.45, 2.75) is 0 Å². The summed E-state index contributed by atoms with van der Waals surface area (Å²) in [6.07, 6.45) is 6.82. The lowest BCUT2D eigenvalue weighted by molar-refractivity contribution is -0.111. The monoisotopic (exact) mass is 429 g/mol. The lowest BCUT2D eigenvalue weighted by Crippen LogP contribution is -2.16. The minimum atomic E-state index is -0.758. The lowest BCUT2D eigenvalue weighted by atomic mass is 9.98. The minimum Gasteiger partial charge on any atom is -0.353 e. The van der Waals surface area contributed by atoms with Crippen molar-refractivity contribution < 1.29 is 13.6 Å². The maximum Gasteiger partial charge on any atom is 0.300 e. The molecule has 0 aliphatic heterocycles. The maximum atomic E-state index is 14.3. The van der Waals surface area contributed by atoms with Crippen molar-refractivity contribution in [2.24, 2.45) is 7.05 Å². The van der Waals surface area contributed by atoms with Gasteiger partial charge in [0.15, 0.2) is 0 Å². The van der Waals surface area contributed by atoms with Gasteiger partial charge in [-0.3, -0.25) is 9.59 Å². The highest BCUT2D eigenvalue weighted by Crippen LogP contribution is 2.36. The average Bonchev–Trinajstić information content (AvgIpc) is 2.79. The Labute approximate surface area is 182 Å². The molecule has 0 radical (unpaired) electrons. The molecule has 1 aromatic heterocycles. The molecule has 0 atom stereocenters. The number of terminal acetylenes is 1. The second kappa shape index (κ2) is 8.36. The molecule has 0 saturated carbocycles. The largest absolute Gasteiger partial charge is 0.353 e. The van der Waals surface area contributed by atoms with Crippen LogP contribution in [0.1, 0.15) is 0 Å². The fourth-order valence-electron chi connectivity index (χ4n) is 3.49. The van der Waals surface area contributed by atoms with Gasteiger partial charge >= 0.3 is 0 Å². The van der Waals surface area contributed by atoms with Crippen molar-refractivity contribution >= 4 is 33.7 Å². The Bertz CT molecular complexity index is 1470. The van der Waals surface area contributed by atoms with Gasteiger partial charge in [-0.1, -0.05) is 18.2 Å². The summed E-state index contributed by atoms with van der Waals surface area (Å²) in [5.41, 5.74) is 2.06. The second-order valence-electron chi connectivity index (χ2n) is 7.11. The molecule has 0 fully saturated rings. The number of aryl methyl sites for hydroxylation is 1. The van der Waals surface area contributed by atoms with E-state index in [-0.39, 0.29) is 11.2 Å². The number of carbonyl (C=O) groups is 1. The fourth-order valence-corrected chi connectivity index (χ4v) is 3.49. The highest BCUT2D eigenvalue weighted by molar-refractivity contribution is 6.05. The van der Waals surface area contributed by atoms with Gasteiger partial charge in [0.05, 0.1) is 5.69 Å². The van der Waals surface area contributed by atoms with E-state index in [1.165, 1.54) is 10.6 Å². The molecule has 0 saturated heterocycles. The molecule has 1 heterocycles. The van der Waals surface area contributed by atoms with Crippen molar-refractivity contribution in [1.82, 2.24) is 4.57 Å². The molecule has 32 heavy (non-hydrogen) atoms. The normalized spacial score (nSPS) is 10.6. The molecule has 7 heteroatoms. The van der Waals surface area contributed by atoms with E-state index in [0.717, 1.165) is 12.1 Å². The second-order valence-corrected chi connectivity index (χ2v) is 7.11. The Balaban J connectivity index is 1.95. The molecule has 0 bridgehead atoms. The Kier molecular flexibility index (Phi) is 5.44. The third kappa shape index (κ3) is 3.94. The van der Waals surface area contributed by atoms with Crippen molar-refractivity contribution in [3.8, 4) is 23.5 Å². The van der Waals surface area contributed by atoms with E-state index in [2.05, 4.69) is 10.6 Å². The fraction of sp³-hybridized carbons (Fsp3) is 0.0400. The topological polar surface area (TPSA) is 63.1 Å². The number of amides is 1. The summed E-state index contributed by atoms with van der Waals surface area (Å²) in [5, 5.41) is 6.75. The van der Waals surface area contributed by atoms with Crippen molar-refractivity contribution in [3.63, 3.8) is 0 Å². The quantitative estimate of drug-likeness (QED) is 0.458. The summed E-state index contributed by atoms with van der Waals surface area (Å²) >= 11 is 0. The Hall–Kier alpha value is -4.44. The highest BCUT2D eigenvalue weighted by atomic mass is 19.1. The SMILES string of the molecule is C#CC(=O)Nc1ccc(Nc2ccc(F)cc2F)c(-c2cn(C)c(=O)c3ccccc23)c1. The van der Waals surface area contributed by atoms with E-state index in [0.29, 0.717) is 33.3 Å². The van der Waals surface area contributed by atoms with E-state index >= 15 is 0 Å². The molecule has 5 nitrogen and oxygen atoms in total. The van der Waals surface area contributed by atoms with Crippen LogP contribution < -0.4 is 16.2 Å². The third-order valence-electron chi connectivity index (χ3n) is 4.99. The highest BCUT2D eigenvalue weighted by Gasteiger charge is 2.15. The number of halogens is 2. The molecule has 0 aliphatic rings. The number of hydrogen-bond acceptors (Lipinski definition) is 3. The first-order chi connectivity index (χ1) is 15.4. The van der Waals surface area contributed by atoms with Gasteiger partial charge in [-0.25, -0.2) is 8.78 Å². The van der Waals surface area contributed by atoms with Gasteiger partial charge in [-0.05, 0) is 47.7 Å². The molecule has 1 amide bonds. The Morgan fingerprint density at radius 3 is 2.41 bits per heavy atom. The van der Waals surface area contributed by atoms with Crippen LogP contribution in [0, 0.1) is 24.0 Å². The molecule has 0 unspecified atom stereocenters. The van der Waals surface area contributed by atoms with E-state index in [1.807, 2.05) is 12.0 Å². The van der Waals surface area contributed by atoms with Crippen molar-refractivity contribution in [1.29, 1.82) is 0 Å². The summed E-state index contributed by atoms with van der Waals surface area (Å²) in [6, 6.07) is 15.2. The number of anilines is 3. The molecule has 0 aliphatic carbocycles. The van der Waals surface area contributed by atoms with Crippen LogP contribution in [0.4, 0.5) is 25.8 Å². The van der Waals surface area contributed by atoms with Gasteiger partial charge in [0.1, 0.15) is 11.6 Å². The number of pyridine rings is 1. The van der Waals surface area contributed by atoms with Gasteiger partial charge in [-0.2, -0.15) is 0 Å². The predicted octanol–water partition coefficient (Wildman–Crippen LogP) is 4.80. The molecule has 4 rings (SSSR count). The molecule has 2 N–H and O–H groups in total. The Morgan fingerprint density at radius 2 is 1.69 bits per heavy atom. The molecule has 3 aromatic carbocycles. The number of hydrogen-bond donors (Lipinski definition) is 2. The predicted molar refractivity (Wildman–Crippen MR) is 122 cm³/mol. The molecular weight excluding hydrogens is 412 g/mol. The average molecular weight is 429 g/mol. The van der Waals surface area contributed by atoms with E-state index < -0.39 is 17.5 Å². The van der Waals surface area contributed by atoms with E-state index in [1.54, 1.807) is 49.6 Å². The maximum absolute atomic E-state index is 14.3. The molecule has 158 valence electrons. The molecule has 0 spiro atoms. The number of fused-ring (bicyclic) bond motifs is 1. The lowest BCUT2D eigenvalue weighted by Gasteiger charge is -2.17. The van der Waals surface area contributed by atoms with Crippen LogP contribution in [-0.4, -0.2) is 10.5 Å². The number of benzene rings is 3. The zero-order chi connectivity index (χ0) is 22.8. The van der Waals surface area contributed by atoms with Crippen LogP contribution in [0.25, 0.3) is 21.9 Å². The van der Waals surface area contributed by atoms with Crippen molar-refractivity contribution in [2.75, 3.05) is 10.6 Å². The van der Waals surface area contributed by atoms with E-state index in [4.69, 9.17) is 6.42 Å². The minimum absolute atomic E-state index is 0.0715. The van der Waals surface area contributed by atoms with Crippen LogP contribution >= 0.6 is 0 Å². The van der Waals surface area contributed by atoms with Crippen LogP contribution in [0.2, 0.25) is 0 Å². The van der Waals surface area contributed by atoms with Gasteiger partial charge in [-0.15, -0.1) is 6.42 Å². The van der Waals surface area contributed by atoms with Crippen LogP contribution in [0.15, 0.2) is 71.7 Å². The number of rotatable bonds is 4. The first-order valence-electron chi connectivity index (χ1n) is 9.60. The summed E-state index contributed by atoms with van der Waals surface area (Å²) in [7, 11) is 1.63. The standard InChI is InChI=1S/C25H17F2N3O2/c1-3-24(31)28-16-9-11-22(29-23-10-8-15(26)12-21(23)27)19(13-16)20-14-30(2)25(32)18-7-5-4-6-17(18)20/h1,4-14,29H,2H3,(H,28,31). The first kappa shape index (κ1) is 20.8. The zero-order valence-corrected chi connectivity index (χ0v) is 16.9.